The number of carboxylic acids is 1. The van der Waals surface area contributed by atoms with E-state index in [-0.39, 0.29) is 6.42 Å². The largest absolute Gasteiger partial charge is 0.493 e. The molecule has 0 atom stereocenters. The van der Waals surface area contributed by atoms with Crippen molar-refractivity contribution in [1.29, 1.82) is 0 Å². The molecule has 0 aliphatic heterocycles. The number of benzene rings is 3. The van der Waals surface area contributed by atoms with Gasteiger partial charge in [0.15, 0.2) is 11.5 Å². The molecule has 4 aromatic rings. The summed E-state index contributed by atoms with van der Waals surface area (Å²) in [5, 5.41) is 10.2. The maximum absolute atomic E-state index is 11.3. The summed E-state index contributed by atoms with van der Waals surface area (Å²) in [5.74, 6) is 1.53. The minimum atomic E-state index is -0.842. The Bertz CT molecular complexity index is 1230. The van der Waals surface area contributed by atoms with Crippen molar-refractivity contribution in [1.82, 2.24) is 4.57 Å². The second kappa shape index (κ2) is 8.83. The van der Waals surface area contributed by atoms with E-state index in [9.17, 15) is 9.90 Å². The fraction of sp³-hybridized carbons (Fsp3) is 0.160. The second-order valence-electron chi connectivity index (χ2n) is 7.11. The van der Waals surface area contributed by atoms with E-state index in [1.165, 1.54) is 0 Å². The van der Waals surface area contributed by atoms with Crippen LogP contribution in [0.15, 0.2) is 72.9 Å². The molecule has 0 radical (unpaired) electrons. The van der Waals surface area contributed by atoms with Gasteiger partial charge in [-0.2, -0.15) is 0 Å². The number of carboxylic acid groups (broad SMARTS) is 1. The lowest BCUT2D eigenvalue weighted by Gasteiger charge is -2.14. The zero-order valence-corrected chi connectivity index (χ0v) is 17.4. The number of rotatable bonds is 8. The predicted octanol–water partition coefficient (Wildman–Crippen LogP) is 5.13. The highest BCUT2D eigenvalue weighted by molar-refractivity contribution is 5.87. The Morgan fingerprint density at radius 2 is 1.71 bits per heavy atom. The van der Waals surface area contributed by atoms with Crippen molar-refractivity contribution in [2.24, 2.45) is 0 Å². The maximum Gasteiger partial charge on any atom is 0.307 e. The third kappa shape index (κ3) is 4.33. The fourth-order valence-electron chi connectivity index (χ4n) is 3.73. The fourth-order valence-corrected chi connectivity index (χ4v) is 3.73. The van der Waals surface area contributed by atoms with Crippen molar-refractivity contribution in [3.8, 4) is 23.0 Å². The van der Waals surface area contributed by atoms with Crippen LogP contribution < -0.4 is 14.2 Å². The van der Waals surface area contributed by atoms with E-state index < -0.39 is 5.97 Å². The summed E-state index contributed by atoms with van der Waals surface area (Å²) < 4.78 is 18.9. The van der Waals surface area contributed by atoms with Gasteiger partial charge in [0.2, 0.25) is 5.75 Å². The first-order valence-corrected chi connectivity index (χ1v) is 9.85. The lowest BCUT2D eigenvalue weighted by atomic mass is 10.1. The van der Waals surface area contributed by atoms with Gasteiger partial charge in [0, 0.05) is 23.6 Å². The van der Waals surface area contributed by atoms with Crippen molar-refractivity contribution in [2.45, 2.75) is 13.0 Å². The third-order valence-corrected chi connectivity index (χ3v) is 5.06. The molecule has 1 N–H and O–H groups in total. The molecule has 0 saturated heterocycles. The van der Waals surface area contributed by atoms with Crippen LogP contribution in [0.2, 0.25) is 0 Å². The number of hydrogen-bond donors (Lipinski definition) is 1. The Balaban J connectivity index is 1.63. The Hall–Kier alpha value is -3.93. The molecule has 158 valence electrons. The number of carbonyl (C=O) groups is 1. The molecule has 0 amide bonds. The topological polar surface area (TPSA) is 69.9 Å². The van der Waals surface area contributed by atoms with Gasteiger partial charge >= 0.3 is 5.97 Å². The quantitative estimate of drug-likeness (QED) is 0.431. The highest BCUT2D eigenvalue weighted by atomic mass is 16.5. The predicted molar refractivity (Wildman–Crippen MR) is 118 cm³/mol. The molecule has 4 rings (SSSR count). The zero-order chi connectivity index (χ0) is 21.8. The van der Waals surface area contributed by atoms with Crippen molar-refractivity contribution >= 4 is 16.9 Å². The summed E-state index contributed by atoms with van der Waals surface area (Å²) in [6, 6.07) is 21.1. The molecule has 6 heteroatoms. The lowest BCUT2D eigenvalue weighted by Crippen LogP contribution is -2.00. The Morgan fingerprint density at radius 3 is 2.48 bits per heavy atom. The number of para-hydroxylation sites is 2. The minimum Gasteiger partial charge on any atom is -0.493 e. The van der Waals surface area contributed by atoms with Crippen molar-refractivity contribution in [3.05, 3.63) is 84.1 Å². The van der Waals surface area contributed by atoms with E-state index in [0.717, 1.165) is 22.0 Å². The van der Waals surface area contributed by atoms with E-state index in [4.69, 9.17) is 14.2 Å². The summed E-state index contributed by atoms with van der Waals surface area (Å²) >= 11 is 0. The molecule has 1 heterocycles. The number of hydrogen-bond acceptors (Lipinski definition) is 4. The first-order valence-electron chi connectivity index (χ1n) is 9.85. The Kier molecular flexibility index (Phi) is 5.80. The first-order chi connectivity index (χ1) is 15.1. The average molecular weight is 417 g/mol. The van der Waals surface area contributed by atoms with E-state index >= 15 is 0 Å². The molecule has 0 unspecified atom stereocenters. The molecule has 6 nitrogen and oxygen atoms in total. The highest BCUT2D eigenvalue weighted by Gasteiger charge is 2.13. The van der Waals surface area contributed by atoms with Crippen LogP contribution in [-0.4, -0.2) is 29.9 Å². The van der Waals surface area contributed by atoms with Gasteiger partial charge in [-0.25, -0.2) is 0 Å². The third-order valence-electron chi connectivity index (χ3n) is 5.06. The molecule has 3 aromatic carbocycles. The highest BCUT2D eigenvalue weighted by Crippen LogP contribution is 2.39. The number of aromatic nitrogens is 1. The number of aliphatic carboxylic acids is 1. The van der Waals surface area contributed by atoms with Crippen LogP contribution in [0.5, 0.6) is 23.0 Å². The first kappa shape index (κ1) is 20.3. The van der Waals surface area contributed by atoms with Gasteiger partial charge in [0.25, 0.3) is 0 Å². The van der Waals surface area contributed by atoms with Gasteiger partial charge in [0.1, 0.15) is 5.75 Å². The molecule has 0 bridgehead atoms. The van der Waals surface area contributed by atoms with Crippen molar-refractivity contribution in [3.63, 3.8) is 0 Å². The van der Waals surface area contributed by atoms with Crippen molar-refractivity contribution in [2.75, 3.05) is 14.2 Å². The van der Waals surface area contributed by atoms with Crippen molar-refractivity contribution < 1.29 is 24.1 Å². The SMILES string of the molecule is COc1cccc(Oc2cccc(Cn3cc(CC(=O)O)c4ccccc43)c2)c1OC. The Labute approximate surface area is 180 Å². The molecule has 0 aliphatic carbocycles. The standard InChI is InChI=1S/C25H23NO5/c1-29-22-11-6-12-23(25(22)30-2)31-19-8-5-7-17(13-19)15-26-16-18(14-24(27)28)20-9-3-4-10-21(20)26/h3-13,16H,14-15H2,1-2H3,(H,27,28). The second-order valence-corrected chi connectivity index (χ2v) is 7.11. The number of nitrogens with zero attached hydrogens (tertiary/aromatic N) is 1. The van der Waals surface area contributed by atoms with Gasteiger partial charge in [0.05, 0.1) is 20.6 Å². The summed E-state index contributed by atoms with van der Waals surface area (Å²) in [7, 11) is 3.16. The number of methoxy groups -OCH3 is 2. The van der Waals surface area contributed by atoms with E-state index in [1.807, 2.05) is 72.9 Å². The number of fused-ring (bicyclic) bond motifs is 1. The van der Waals surface area contributed by atoms with Gasteiger partial charge in [-0.05, 0) is 41.5 Å². The van der Waals surface area contributed by atoms with Crippen LogP contribution >= 0.6 is 0 Å². The van der Waals surface area contributed by atoms with E-state index in [1.54, 1.807) is 14.2 Å². The molecule has 0 spiro atoms. The zero-order valence-electron chi connectivity index (χ0n) is 17.4. The van der Waals surface area contributed by atoms with Gasteiger partial charge < -0.3 is 23.9 Å². The molecule has 0 saturated carbocycles. The van der Waals surface area contributed by atoms with Crippen LogP contribution in [-0.2, 0) is 17.8 Å². The summed E-state index contributed by atoms with van der Waals surface area (Å²) in [5.41, 5.74) is 2.83. The van der Waals surface area contributed by atoms with Crippen LogP contribution in [0.3, 0.4) is 0 Å². The minimum absolute atomic E-state index is 0.00764. The van der Waals surface area contributed by atoms with E-state index in [2.05, 4.69) is 4.57 Å². The molecular weight excluding hydrogens is 394 g/mol. The summed E-state index contributed by atoms with van der Waals surface area (Å²) in [6.07, 6.45) is 1.91. The van der Waals surface area contributed by atoms with Crippen LogP contribution in [0.25, 0.3) is 10.9 Å². The monoisotopic (exact) mass is 417 g/mol. The Morgan fingerprint density at radius 1 is 0.935 bits per heavy atom. The smallest absolute Gasteiger partial charge is 0.307 e. The maximum atomic E-state index is 11.3. The van der Waals surface area contributed by atoms with Crippen LogP contribution in [0.1, 0.15) is 11.1 Å². The lowest BCUT2D eigenvalue weighted by molar-refractivity contribution is -0.136. The van der Waals surface area contributed by atoms with Gasteiger partial charge in [-0.1, -0.05) is 36.4 Å². The van der Waals surface area contributed by atoms with Crippen LogP contribution in [0, 0.1) is 0 Å². The summed E-state index contributed by atoms with van der Waals surface area (Å²) in [6.45, 7) is 0.590. The molecule has 1 aromatic heterocycles. The number of ether oxygens (including phenoxy) is 3. The molecule has 0 aliphatic rings. The van der Waals surface area contributed by atoms with E-state index in [0.29, 0.717) is 29.5 Å². The molecule has 31 heavy (non-hydrogen) atoms. The van der Waals surface area contributed by atoms with Gasteiger partial charge in [-0.3, -0.25) is 4.79 Å². The average Bonchev–Trinajstić information content (AvgIpc) is 3.10. The van der Waals surface area contributed by atoms with Crippen LogP contribution in [0.4, 0.5) is 0 Å². The normalized spacial score (nSPS) is 10.8. The summed E-state index contributed by atoms with van der Waals surface area (Å²) in [4.78, 5) is 11.3. The van der Waals surface area contributed by atoms with Gasteiger partial charge in [-0.15, -0.1) is 0 Å². The molecular formula is C25H23NO5. The molecule has 0 fully saturated rings.